The third-order valence-electron chi connectivity index (χ3n) is 3.17. The minimum atomic E-state index is -0.411. The van der Waals surface area contributed by atoms with Crippen molar-refractivity contribution in [1.29, 1.82) is 0 Å². The summed E-state index contributed by atoms with van der Waals surface area (Å²) in [5.74, 6) is -0.0500. The Kier molecular flexibility index (Phi) is 3.12. The number of nitrogens with two attached hydrogens (primary N) is 1. The molecular formula is C15H12BrNO2. The van der Waals surface area contributed by atoms with Crippen LogP contribution < -0.4 is 5.73 Å². The number of halogens is 1. The van der Waals surface area contributed by atoms with Gasteiger partial charge in [0.15, 0.2) is 11.9 Å². The summed E-state index contributed by atoms with van der Waals surface area (Å²) in [5, 5.41) is 0. The molecule has 0 radical (unpaired) electrons. The zero-order valence-electron chi connectivity index (χ0n) is 10.0. The van der Waals surface area contributed by atoms with E-state index in [2.05, 4.69) is 15.9 Å². The SMILES string of the molecule is Nc1ccccc1C(=O)C1OC1c1ccc(Br)cc1. The Balaban J connectivity index is 1.78. The minimum absolute atomic E-state index is 0.0500. The van der Waals surface area contributed by atoms with Crippen LogP contribution in [0.2, 0.25) is 0 Å². The van der Waals surface area contributed by atoms with Crippen LogP contribution in [0.4, 0.5) is 5.69 Å². The highest BCUT2D eigenvalue weighted by Gasteiger charge is 2.46. The lowest BCUT2D eigenvalue weighted by molar-refractivity contribution is 0.0954. The maximum atomic E-state index is 12.3. The van der Waals surface area contributed by atoms with Gasteiger partial charge in [0, 0.05) is 15.7 Å². The summed E-state index contributed by atoms with van der Waals surface area (Å²) in [5.41, 5.74) is 7.85. The van der Waals surface area contributed by atoms with Gasteiger partial charge >= 0.3 is 0 Å². The molecule has 0 aromatic heterocycles. The van der Waals surface area contributed by atoms with E-state index in [4.69, 9.17) is 10.5 Å². The summed E-state index contributed by atoms with van der Waals surface area (Å²) in [6, 6.07) is 14.9. The molecular weight excluding hydrogens is 306 g/mol. The van der Waals surface area contributed by atoms with Gasteiger partial charge in [-0.1, -0.05) is 40.2 Å². The Hall–Kier alpha value is -1.65. The van der Waals surface area contributed by atoms with Crippen LogP contribution in [0.15, 0.2) is 53.0 Å². The third-order valence-corrected chi connectivity index (χ3v) is 3.70. The van der Waals surface area contributed by atoms with Crippen LogP contribution in [0.3, 0.4) is 0 Å². The van der Waals surface area contributed by atoms with Gasteiger partial charge in [0.25, 0.3) is 0 Å². The molecule has 19 heavy (non-hydrogen) atoms. The van der Waals surface area contributed by atoms with Crippen molar-refractivity contribution in [3.8, 4) is 0 Å². The second-order valence-electron chi connectivity index (χ2n) is 4.48. The van der Waals surface area contributed by atoms with Crippen molar-refractivity contribution >= 4 is 27.4 Å². The number of Topliss-reactive ketones (excluding diaryl/α,β-unsaturated/α-hetero) is 1. The first-order valence-corrected chi connectivity index (χ1v) is 6.76. The van der Waals surface area contributed by atoms with E-state index in [1.807, 2.05) is 30.3 Å². The summed E-state index contributed by atoms with van der Waals surface area (Å²) in [7, 11) is 0. The number of anilines is 1. The zero-order chi connectivity index (χ0) is 13.4. The van der Waals surface area contributed by atoms with Gasteiger partial charge in [-0.15, -0.1) is 0 Å². The van der Waals surface area contributed by atoms with E-state index in [-0.39, 0.29) is 11.9 Å². The molecule has 1 heterocycles. The van der Waals surface area contributed by atoms with E-state index < -0.39 is 6.10 Å². The normalized spacial score (nSPS) is 21.1. The first kappa shape index (κ1) is 12.4. The van der Waals surface area contributed by atoms with Gasteiger partial charge in [-0.3, -0.25) is 4.79 Å². The maximum Gasteiger partial charge on any atom is 0.196 e. The molecule has 2 atom stereocenters. The van der Waals surface area contributed by atoms with E-state index in [1.54, 1.807) is 18.2 Å². The zero-order valence-corrected chi connectivity index (χ0v) is 11.6. The lowest BCUT2D eigenvalue weighted by Gasteiger charge is -2.01. The van der Waals surface area contributed by atoms with Crippen LogP contribution in [0.25, 0.3) is 0 Å². The Morgan fingerprint density at radius 2 is 1.79 bits per heavy atom. The Morgan fingerprint density at radius 3 is 2.47 bits per heavy atom. The van der Waals surface area contributed by atoms with Crippen LogP contribution in [-0.2, 0) is 4.74 Å². The number of ether oxygens (including phenoxy) is 1. The first-order valence-electron chi connectivity index (χ1n) is 5.96. The van der Waals surface area contributed by atoms with E-state index in [9.17, 15) is 4.79 Å². The molecule has 2 aromatic carbocycles. The minimum Gasteiger partial charge on any atom is -0.398 e. The molecule has 1 fully saturated rings. The summed E-state index contributed by atoms with van der Waals surface area (Å²) < 4.78 is 6.50. The average Bonchev–Trinajstić information content (AvgIpc) is 3.20. The van der Waals surface area contributed by atoms with Crippen molar-refractivity contribution in [2.24, 2.45) is 0 Å². The maximum absolute atomic E-state index is 12.3. The Bertz CT molecular complexity index is 624. The second kappa shape index (κ2) is 4.79. The Morgan fingerprint density at radius 1 is 1.11 bits per heavy atom. The molecule has 0 aliphatic carbocycles. The molecule has 4 heteroatoms. The molecule has 0 saturated carbocycles. The number of carbonyl (C=O) groups is 1. The van der Waals surface area contributed by atoms with Gasteiger partial charge in [-0.25, -0.2) is 0 Å². The van der Waals surface area contributed by atoms with Gasteiger partial charge < -0.3 is 10.5 Å². The molecule has 3 rings (SSSR count). The topological polar surface area (TPSA) is 55.6 Å². The third kappa shape index (κ3) is 2.41. The fourth-order valence-corrected chi connectivity index (χ4v) is 2.36. The van der Waals surface area contributed by atoms with Crippen LogP contribution in [-0.4, -0.2) is 11.9 Å². The summed E-state index contributed by atoms with van der Waals surface area (Å²) in [4.78, 5) is 12.3. The lowest BCUT2D eigenvalue weighted by Crippen LogP contribution is -2.10. The first-order chi connectivity index (χ1) is 9.16. The quantitative estimate of drug-likeness (QED) is 0.536. The molecule has 2 N–H and O–H groups in total. The fraction of sp³-hybridized carbons (Fsp3) is 0.133. The fourth-order valence-electron chi connectivity index (χ4n) is 2.09. The number of nitrogen functional groups attached to an aromatic ring is 1. The molecule has 2 unspecified atom stereocenters. The second-order valence-corrected chi connectivity index (χ2v) is 5.40. The number of hydrogen-bond acceptors (Lipinski definition) is 3. The number of ketones is 1. The van der Waals surface area contributed by atoms with Crippen molar-refractivity contribution < 1.29 is 9.53 Å². The molecule has 1 aliphatic rings. The van der Waals surface area contributed by atoms with Crippen molar-refractivity contribution in [2.75, 3.05) is 5.73 Å². The van der Waals surface area contributed by atoms with E-state index in [0.29, 0.717) is 11.3 Å². The molecule has 1 saturated heterocycles. The summed E-state index contributed by atoms with van der Waals surface area (Å²) >= 11 is 3.38. The largest absolute Gasteiger partial charge is 0.398 e. The highest BCUT2D eigenvalue weighted by Crippen LogP contribution is 2.41. The van der Waals surface area contributed by atoms with Crippen molar-refractivity contribution in [1.82, 2.24) is 0 Å². The van der Waals surface area contributed by atoms with Gasteiger partial charge in [0.1, 0.15) is 6.10 Å². The standard InChI is InChI=1S/C15H12BrNO2/c16-10-7-5-9(6-8-10)14-15(19-14)13(18)11-3-1-2-4-12(11)17/h1-8,14-15H,17H2. The molecule has 0 bridgehead atoms. The molecule has 96 valence electrons. The van der Waals surface area contributed by atoms with Crippen molar-refractivity contribution in [3.05, 3.63) is 64.1 Å². The number of epoxide rings is 1. The van der Waals surface area contributed by atoms with Crippen LogP contribution in [0.1, 0.15) is 22.0 Å². The van der Waals surface area contributed by atoms with Crippen molar-refractivity contribution in [3.63, 3.8) is 0 Å². The highest BCUT2D eigenvalue weighted by molar-refractivity contribution is 9.10. The van der Waals surface area contributed by atoms with Crippen LogP contribution >= 0.6 is 15.9 Å². The van der Waals surface area contributed by atoms with Gasteiger partial charge in [0.2, 0.25) is 0 Å². The molecule has 2 aromatic rings. The predicted octanol–water partition coefficient (Wildman–Crippen LogP) is 3.35. The van der Waals surface area contributed by atoms with Crippen LogP contribution in [0.5, 0.6) is 0 Å². The number of hydrogen-bond donors (Lipinski definition) is 1. The number of para-hydroxylation sites is 1. The Labute approximate surface area is 119 Å². The van der Waals surface area contributed by atoms with Crippen molar-refractivity contribution in [2.45, 2.75) is 12.2 Å². The monoisotopic (exact) mass is 317 g/mol. The lowest BCUT2D eigenvalue weighted by atomic mass is 10.0. The highest BCUT2D eigenvalue weighted by atomic mass is 79.9. The van der Waals surface area contributed by atoms with E-state index in [0.717, 1.165) is 10.0 Å². The molecule has 1 aliphatic heterocycles. The van der Waals surface area contributed by atoms with E-state index >= 15 is 0 Å². The summed E-state index contributed by atoms with van der Waals surface area (Å²) in [6.45, 7) is 0. The van der Waals surface area contributed by atoms with Gasteiger partial charge in [-0.05, 0) is 29.8 Å². The van der Waals surface area contributed by atoms with Crippen LogP contribution in [0, 0.1) is 0 Å². The molecule has 0 spiro atoms. The average molecular weight is 318 g/mol. The molecule has 0 amide bonds. The summed E-state index contributed by atoms with van der Waals surface area (Å²) in [6.07, 6.45) is -0.564. The van der Waals surface area contributed by atoms with E-state index in [1.165, 1.54) is 0 Å². The van der Waals surface area contributed by atoms with Gasteiger partial charge in [-0.2, -0.15) is 0 Å². The predicted molar refractivity (Wildman–Crippen MR) is 76.9 cm³/mol. The molecule has 3 nitrogen and oxygen atoms in total. The smallest absolute Gasteiger partial charge is 0.196 e. The number of carbonyl (C=O) groups excluding carboxylic acids is 1. The number of benzene rings is 2. The number of rotatable bonds is 3. The van der Waals surface area contributed by atoms with Gasteiger partial charge in [0.05, 0.1) is 0 Å².